The molecule has 2 aromatic heterocycles. The van der Waals surface area contributed by atoms with Gasteiger partial charge >= 0.3 is 6.09 Å². The van der Waals surface area contributed by atoms with Crippen LogP contribution < -0.4 is 16.2 Å². The minimum atomic E-state index is -1.38. The molecule has 3 rings (SSSR count). The van der Waals surface area contributed by atoms with Crippen LogP contribution in [0, 0.1) is 5.92 Å². The van der Waals surface area contributed by atoms with Crippen molar-refractivity contribution in [1.29, 1.82) is 0 Å². The van der Waals surface area contributed by atoms with E-state index in [1.807, 2.05) is 18.2 Å². The SMILES string of the molecule is CC(C)Cc1cccc2nc(Cn3cccc(NC(=O)[C@H](CC/C=C/C(=O)N(C)C)NC(=O)O)c3=O)oc12. The van der Waals surface area contributed by atoms with Crippen LogP contribution in [0.4, 0.5) is 10.5 Å². The van der Waals surface area contributed by atoms with Gasteiger partial charge in [0.05, 0.1) is 0 Å². The second-order valence-corrected chi connectivity index (χ2v) is 9.53. The van der Waals surface area contributed by atoms with Gasteiger partial charge in [0.25, 0.3) is 5.56 Å². The fourth-order valence-corrected chi connectivity index (χ4v) is 3.86. The van der Waals surface area contributed by atoms with Crippen molar-refractivity contribution >= 4 is 34.7 Å². The molecule has 0 saturated heterocycles. The summed E-state index contributed by atoms with van der Waals surface area (Å²) in [5.74, 6) is -0.119. The summed E-state index contributed by atoms with van der Waals surface area (Å²) in [7, 11) is 3.21. The Balaban J connectivity index is 1.74. The normalized spacial score (nSPS) is 12.1. The molecule has 0 spiro atoms. The topological polar surface area (TPSA) is 147 Å². The standard InChI is InChI=1S/C27H33N5O6/c1-17(2)15-18-9-7-11-19-24(18)38-22(28-19)16-32-14-8-12-21(26(32)35)29-25(34)20(30-27(36)37)10-5-6-13-23(33)31(3)4/h6-9,11-14,17,20,30H,5,10,15-16H2,1-4H3,(H,29,34)(H,36,37)/b13-6+/t20-/m0/s1. The first-order valence-corrected chi connectivity index (χ1v) is 12.3. The average Bonchev–Trinajstić information content (AvgIpc) is 3.26. The summed E-state index contributed by atoms with van der Waals surface area (Å²) in [6.45, 7) is 4.30. The molecule has 0 bridgehead atoms. The Morgan fingerprint density at radius 1 is 1.18 bits per heavy atom. The van der Waals surface area contributed by atoms with Crippen LogP contribution in [0.1, 0.15) is 38.1 Å². The Labute approximate surface area is 220 Å². The molecular weight excluding hydrogens is 490 g/mol. The lowest BCUT2D eigenvalue weighted by atomic mass is 10.0. The third-order valence-corrected chi connectivity index (χ3v) is 5.69. The van der Waals surface area contributed by atoms with Crippen molar-refractivity contribution in [3.8, 4) is 0 Å². The summed E-state index contributed by atoms with van der Waals surface area (Å²) < 4.78 is 7.34. The Morgan fingerprint density at radius 2 is 1.95 bits per heavy atom. The van der Waals surface area contributed by atoms with E-state index in [4.69, 9.17) is 9.52 Å². The summed E-state index contributed by atoms with van der Waals surface area (Å²) in [4.78, 5) is 54.7. The third-order valence-electron chi connectivity index (χ3n) is 5.69. The van der Waals surface area contributed by atoms with E-state index in [9.17, 15) is 19.2 Å². The number of carbonyl (C=O) groups excluding carboxylic acids is 2. The van der Waals surface area contributed by atoms with Gasteiger partial charge in [-0.2, -0.15) is 0 Å². The highest BCUT2D eigenvalue weighted by Gasteiger charge is 2.21. The van der Waals surface area contributed by atoms with E-state index in [1.54, 1.807) is 32.4 Å². The molecule has 11 heteroatoms. The van der Waals surface area contributed by atoms with Gasteiger partial charge in [-0.1, -0.05) is 32.1 Å². The molecular formula is C27H33N5O6. The van der Waals surface area contributed by atoms with Gasteiger partial charge in [0.1, 0.15) is 23.8 Å². The summed E-state index contributed by atoms with van der Waals surface area (Å²) in [5, 5.41) is 13.8. The molecule has 0 saturated carbocycles. The first-order valence-electron chi connectivity index (χ1n) is 12.3. The predicted molar refractivity (Wildman–Crippen MR) is 143 cm³/mol. The summed E-state index contributed by atoms with van der Waals surface area (Å²) in [5.41, 5.74) is 1.94. The quantitative estimate of drug-likeness (QED) is 0.327. The lowest BCUT2D eigenvalue weighted by molar-refractivity contribution is -0.123. The lowest BCUT2D eigenvalue weighted by Gasteiger charge is -2.16. The summed E-state index contributed by atoms with van der Waals surface area (Å²) in [6.07, 6.45) is 4.29. The molecule has 202 valence electrons. The predicted octanol–water partition coefficient (Wildman–Crippen LogP) is 3.24. The van der Waals surface area contributed by atoms with E-state index in [2.05, 4.69) is 29.5 Å². The number of oxazole rings is 1. The molecule has 0 fully saturated rings. The van der Waals surface area contributed by atoms with Crippen molar-refractivity contribution in [1.82, 2.24) is 19.8 Å². The average molecular weight is 524 g/mol. The number of rotatable bonds is 11. The molecule has 1 aromatic carbocycles. The monoisotopic (exact) mass is 523 g/mol. The smallest absolute Gasteiger partial charge is 0.405 e. The minimum Gasteiger partial charge on any atom is -0.465 e. The lowest BCUT2D eigenvalue weighted by Crippen LogP contribution is -2.44. The highest BCUT2D eigenvalue weighted by molar-refractivity contribution is 5.96. The molecule has 1 atom stereocenters. The van der Waals surface area contributed by atoms with E-state index in [-0.39, 0.29) is 31.0 Å². The number of hydrogen-bond acceptors (Lipinski definition) is 6. The molecule has 0 unspecified atom stereocenters. The van der Waals surface area contributed by atoms with Gasteiger partial charge in [-0.3, -0.25) is 14.4 Å². The van der Waals surface area contributed by atoms with Crippen molar-refractivity contribution in [2.75, 3.05) is 19.4 Å². The molecule has 0 radical (unpaired) electrons. The zero-order valence-corrected chi connectivity index (χ0v) is 21.9. The van der Waals surface area contributed by atoms with Crippen LogP contribution in [-0.2, 0) is 22.6 Å². The van der Waals surface area contributed by atoms with Gasteiger partial charge in [-0.05, 0) is 55.0 Å². The first-order chi connectivity index (χ1) is 18.0. The number of para-hydroxylation sites is 1. The van der Waals surface area contributed by atoms with Gasteiger partial charge in [0.15, 0.2) is 5.58 Å². The molecule has 3 N–H and O–H groups in total. The minimum absolute atomic E-state index is 0.00961. The zero-order valence-electron chi connectivity index (χ0n) is 21.9. The second-order valence-electron chi connectivity index (χ2n) is 9.53. The Morgan fingerprint density at radius 3 is 2.63 bits per heavy atom. The molecule has 3 amide bonds. The van der Waals surface area contributed by atoms with Crippen LogP contribution in [-0.4, -0.2) is 57.6 Å². The number of nitrogens with one attached hydrogen (secondary N) is 2. The Hall–Kier alpha value is -4.41. The molecule has 3 aromatic rings. The van der Waals surface area contributed by atoms with Gasteiger partial charge in [0, 0.05) is 20.3 Å². The van der Waals surface area contributed by atoms with Gasteiger partial charge in [-0.15, -0.1) is 0 Å². The maximum Gasteiger partial charge on any atom is 0.405 e. The number of nitrogens with zero attached hydrogens (tertiary/aromatic N) is 3. The van der Waals surface area contributed by atoms with Crippen LogP contribution in [0.3, 0.4) is 0 Å². The zero-order chi connectivity index (χ0) is 27.8. The molecule has 38 heavy (non-hydrogen) atoms. The number of anilines is 1. The Kier molecular flexibility index (Phi) is 9.42. The largest absolute Gasteiger partial charge is 0.465 e. The van der Waals surface area contributed by atoms with Crippen LogP contribution in [0.5, 0.6) is 0 Å². The number of likely N-dealkylation sites (N-methyl/N-ethyl adjacent to an activating group) is 1. The number of amides is 3. The number of benzene rings is 1. The van der Waals surface area contributed by atoms with Crippen molar-refractivity contribution < 1.29 is 23.9 Å². The maximum atomic E-state index is 13.1. The Bertz CT molecular complexity index is 1390. The highest BCUT2D eigenvalue weighted by atomic mass is 16.4. The van der Waals surface area contributed by atoms with Crippen LogP contribution in [0.25, 0.3) is 11.1 Å². The van der Waals surface area contributed by atoms with Crippen molar-refractivity contribution in [3.63, 3.8) is 0 Å². The third kappa shape index (κ3) is 7.55. The maximum absolute atomic E-state index is 13.1. The van der Waals surface area contributed by atoms with E-state index >= 15 is 0 Å². The molecule has 0 aliphatic rings. The number of allylic oxidation sites excluding steroid dienone is 1. The molecule has 2 heterocycles. The van der Waals surface area contributed by atoms with Gasteiger partial charge < -0.3 is 29.6 Å². The molecule has 11 nitrogen and oxygen atoms in total. The van der Waals surface area contributed by atoms with Crippen LogP contribution in [0.2, 0.25) is 0 Å². The van der Waals surface area contributed by atoms with Gasteiger partial charge in [-0.25, -0.2) is 9.78 Å². The van der Waals surface area contributed by atoms with Crippen LogP contribution in [0.15, 0.2) is 57.9 Å². The van der Waals surface area contributed by atoms with E-state index in [1.165, 1.54) is 21.6 Å². The van der Waals surface area contributed by atoms with E-state index in [0.717, 1.165) is 12.0 Å². The fraction of sp³-hybridized carbons (Fsp3) is 0.370. The molecule has 0 aliphatic carbocycles. The van der Waals surface area contributed by atoms with Crippen molar-refractivity contribution in [2.24, 2.45) is 5.92 Å². The summed E-state index contributed by atoms with van der Waals surface area (Å²) in [6, 6.07) is 7.68. The van der Waals surface area contributed by atoms with Crippen molar-refractivity contribution in [3.05, 3.63) is 70.5 Å². The van der Waals surface area contributed by atoms with Crippen LogP contribution >= 0.6 is 0 Å². The van der Waals surface area contributed by atoms with Gasteiger partial charge in [0.2, 0.25) is 17.7 Å². The number of carbonyl (C=O) groups is 3. The number of aromatic nitrogens is 2. The van der Waals surface area contributed by atoms with E-state index < -0.39 is 23.6 Å². The van der Waals surface area contributed by atoms with E-state index in [0.29, 0.717) is 22.9 Å². The highest BCUT2D eigenvalue weighted by Crippen LogP contribution is 2.23. The summed E-state index contributed by atoms with van der Waals surface area (Å²) >= 11 is 0. The number of hydrogen-bond donors (Lipinski definition) is 3. The van der Waals surface area contributed by atoms with Crippen molar-refractivity contribution in [2.45, 2.75) is 45.7 Å². The first kappa shape index (κ1) is 28.2. The number of pyridine rings is 1. The molecule has 0 aliphatic heterocycles. The second kappa shape index (κ2) is 12.7. The fourth-order valence-electron chi connectivity index (χ4n) is 3.86. The number of fused-ring (bicyclic) bond motifs is 1. The number of carboxylic acid groups (broad SMARTS) is 1.